The minimum absolute atomic E-state index is 0.0263. The van der Waals surface area contributed by atoms with E-state index in [4.69, 9.17) is 0 Å². The molecular weight excluding hydrogens is 318 g/mol. The Labute approximate surface area is 132 Å². The first-order valence-electron chi connectivity index (χ1n) is 6.71. The summed E-state index contributed by atoms with van der Waals surface area (Å²) in [6.07, 6.45) is 1.50. The number of benzene rings is 1. The van der Waals surface area contributed by atoms with E-state index in [-0.39, 0.29) is 22.0 Å². The summed E-state index contributed by atoms with van der Waals surface area (Å²) in [5.74, 6) is -0.411. The van der Waals surface area contributed by atoms with E-state index in [0.717, 1.165) is 0 Å². The molecule has 0 aliphatic carbocycles. The van der Waals surface area contributed by atoms with E-state index in [1.165, 1.54) is 12.3 Å². The average molecular weight is 331 g/mol. The number of nitrogens with zero attached hydrogens (tertiary/aromatic N) is 1. The highest BCUT2D eigenvalue weighted by molar-refractivity contribution is 7.89. The van der Waals surface area contributed by atoms with Gasteiger partial charge in [0.05, 0.1) is 11.5 Å². The lowest BCUT2D eigenvalue weighted by molar-refractivity contribution is -0.113. The van der Waals surface area contributed by atoms with Gasteiger partial charge in [0.1, 0.15) is 11.5 Å². The van der Waals surface area contributed by atoms with Gasteiger partial charge in [0, 0.05) is 17.3 Å². The third kappa shape index (κ3) is 2.81. The van der Waals surface area contributed by atoms with Gasteiger partial charge in [0.2, 0.25) is 0 Å². The Kier molecular flexibility index (Phi) is 3.85. The lowest BCUT2D eigenvalue weighted by Crippen LogP contribution is -2.36. The molecule has 2 heterocycles. The Morgan fingerprint density at radius 3 is 2.61 bits per heavy atom. The summed E-state index contributed by atoms with van der Waals surface area (Å²) in [7, 11) is -3.87. The largest absolute Gasteiger partial charge is 0.392 e. The number of amides is 1. The van der Waals surface area contributed by atoms with Gasteiger partial charge in [0.25, 0.3) is 15.9 Å². The second-order valence-corrected chi connectivity index (χ2v) is 6.43. The number of carbonyl (C=O) groups excluding carboxylic acids is 1. The lowest BCUT2D eigenvalue weighted by Gasteiger charge is -2.23. The maximum Gasteiger partial charge on any atom is 0.274 e. The first-order chi connectivity index (χ1) is 11.0. The zero-order valence-corrected chi connectivity index (χ0v) is 12.7. The van der Waals surface area contributed by atoms with Gasteiger partial charge >= 0.3 is 0 Å². The molecule has 8 heteroatoms. The maximum absolute atomic E-state index is 12.4. The molecule has 3 N–H and O–H groups in total. The zero-order valence-electron chi connectivity index (χ0n) is 11.9. The third-order valence-corrected chi connectivity index (χ3v) is 4.74. The summed E-state index contributed by atoms with van der Waals surface area (Å²) < 4.78 is 26.8. The lowest BCUT2D eigenvalue weighted by atomic mass is 10.0. The van der Waals surface area contributed by atoms with E-state index >= 15 is 0 Å². The SMILES string of the molecule is O=C(Nc1ccccn1)C1=C(CO)c2ccccc2S(=O)(=O)N1. The van der Waals surface area contributed by atoms with E-state index in [1.807, 2.05) is 0 Å². The highest BCUT2D eigenvalue weighted by Crippen LogP contribution is 2.30. The van der Waals surface area contributed by atoms with E-state index in [2.05, 4.69) is 15.0 Å². The first kappa shape index (κ1) is 15.2. The second kappa shape index (κ2) is 5.82. The molecule has 3 rings (SSSR count). The number of hydrogen-bond donors (Lipinski definition) is 3. The number of rotatable bonds is 3. The minimum Gasteiger partial charge on any atom is -0.392 e. The maximum atomic E-state index is 12.4. The predicted octanol–water partition coefficient (Wildman–Crippen LogP) is 0.716. The number of carbonyl (C=O) groups is 1. The molecule has 0 unspecified atom stereocenters. The summed E-state index contributed by atoms with van der Waals surface area (Å²) in [6.45, 7) is -0.482. The van der Waals surface area contributed by atoms with Crippen molar-refractivity contribution in [3.8, 4) is 0 Å². The number of fused-ring (bicyclic) bond motifs is 1. The summed E-state index contributed by atoms with van der Waals surface area (Å²) in [5.41, 5.74) is 0.306. The van der Waals surface area contributed by atoms with Crippen molar-refractivity contribution in [3.63, 3.8) is 0 Å². The van der Waals surface area contributed by atoms with Gasteiger partial charge in [-0.05, 0) is 18.2 Å². The smallest absolute Gasteiger partial charge is 0.274 e. The van der Waals surface area contributed by atoms with Crippen molar-refractivity contribution >= 4 is 27.3 Å². The molecule has 0 atom stereocenters. The van der Waals surface area contributed by atoms with Crippen LogP contribution in [-0.2, 0) is 14.8 Å². The van der Waals surface area contributed by atoms with Crippen LogP contribution in [0.3, 0.4) is 0 Å². The fourth-order valence-corrected chi connectivity index (χ4v) is 3.63. The van der Waals surface area contributed by atoms with Crippen molar-refractivity contribution in [2.75, 3.05) is 11.9 Å². The quantitative estimate of drug-likeness (QED) is 0.768. The molecule has 1 aliphatic heterocycles. The standard InChI is InChI=1S/C15H13N3O4S/c19-9-11-10-5-1-2-6-12(10)23(21,22)18-14(11)15(20)17-13-7-3-4-8-16-13/h1-8,18-19H,9H2,(H,16,17,20). The number of sulfonamides is 1. The molecule has 1 aromatic carbocycles. The number of aliphatic hydroxyl groups excluding tert-OH is 1. The van der Waals surface area contributed by atoms with E-state index in [0.29, 0.717) is 5.56 Å². The topological polar surface area (TPSA) is 108 Å². The average Bonchev–Trinajstić information content (AvgIpc) is 2.55. The van der Waals surface area contributed by atoms with Crippen LogP contribution in [0.2, 0.25) is 0 Å². The normalized spacial score (nSPS) is 15.5. The van der Waals surface area contributed by atoms with Gasteiger partial charge < -0.3 is 10.4 Å². The molecule has 0 radical (unpaired) electrons. The molecule has 1 aromatic heterocycles. The molecule has 2 aromatic rings. The Bertz CT molecular complexity index is 892. The molecule has 0 saturated heterocycles. The first-order valence-corrected chi connectivity index (χ1v) is 8.20. The molecule has 118 valence electrons. The van der Waals surface area contributed by atoms with Gasteiger partial charge in [-0.3, -0.25) is 9.52 Å². The fourth-order valence-electron chi connectivity index (χ4n) is 2.30. The van der Waals surface area contributed by atoms with Gasteiger partial charge in [0.15, 0.2) is 0 Å². The monoisotopic (exact) mass is 331 g/mol. The van der Waals surface area contributed by atoms with Gasteiger partial charge in [-0.1, -0.05) is 24.3 Å². The van der Waals surface area contributed by atoms with E-state index in [1.54, 1.807) is 36.4 Å². The van der Waals surface area contributed by atoms with Crippen molar-refractivity contribution in [3.05, 3.63) is 59.9 Å². The Balaban J connectivity index is 2.07. The summed E-state index contributed by atoms with van der Waals surface area (Å²) >= 11 is 0. The molecule has 1 amide bonds. The number of nitrogens with one attached hydrogen (secondary N) is 2. The third-order valence-electron chi connectivity index (χ3n) is 3.33. The van der Waals surface area contributed by atoms with Crippen molar-refractivity contribution in [1.82, 2.24) is 9.71 Å². The van der Waals surface area contributed by atoms with Crippen LogP contribution in [0.5, 0.6) is 0 Å². The van der Waals surface area contributed by atoms with Gasteiger partial charge in [-0.15, -0.1) is 0 Å². The number of aliphatic hydroxyl groups is 1. The van der Waals surface area contributed by atoms with E-state index in [9.17, 15) is 18.3 Å². The van der Waals surface area contributed by atoms with Crippen LogP contribution < -0.4 is 10.0 Å². The molecule has 1 aliphatic rings. The highest BCUT2D eigenvalue weighted by Gasteiger charge is 2.31. The Morgan fingerprint density at radius 1 is 1.17 bits per heavy atom. The highest BCUT2D eigenvalue weighted by atomic mass is 32.2. The van der Waals surface area contributed by atoms with Crippen molar-refractivity contribution in [2.24, 2.45) is 0 Å². The second-order valence-electron chi connectivity index (χ2n) is 4.78. The summed E-state index contributed by atoms with van der Waals surface area (Å²) in [6, 6.07) is 11.1. The number of anilines is 1. The van der Waals surface area contributed by atoms with Crippen LogP contribution in [0.15, 0.2) is 59.3 Å². The summed E-state index contributed by atoms with van der Waals surface area (Å²) in [4.78, 5) is 16.4. The summed E-state index contributed by atoms with van der Waals surface area (Å²) in [5, 5.41) is 12.1. The molecule has 7 nitrogen and oxygen atoms in total. The molecule has 0 saturated carbocycles. The van der Waals surface area contributed by atoms with Crippen molar-refractivity contribution in [1.29, 1.82) is 0 Å². The van der Waals surface area contributed by atoms with Crippen LogP contribution in [-0.4, -0.2) is 31.0 Å². The minimum atomic E-state index is -3.87. The van der Waals surface area contributed by atoms with Crippen LogP contribution in [0.1, 0.15) is 5.56 Å². The number of hydrogen-bond acceptors (Lipinski definition) is 5. The van der Waals surface area contributed by atoms with E-state index < -0.39 is 22.5 Å². The van der Waals surface area contributed by atoms with Crippen LogP contribution in [0.25, 0.3) is 5.57 Å². The van der Waals surface area contributed by atoms with Crippen LogP contribution in [0, 0.1) is 0 Å². The molecule has 0 fully saturated rings. The number of aromatic nitrogens is 1. The van der Waals surface area contributed by atoms with Crippen LogP contribution >= 0.6 is 0 Å². The number of pyridine rings is 1. The fraction of sp³-hybridized carbons (Fsp3) is 0.0667. The molecule has 23 heavy (non-hydrogen) atoms. The molecule has 0 spiro atoms. The van der Waals surface area contributed by atoms with Crippen LogP contribution in [0.4, 0.5) is 5.82 Å². The van der Waals surface area contributed by atoms with Gasteiger partial charge in [-0.2, -0.15) is 0 Å². The Hall–Kier alpha value is -2.71. The Morgan fingerprint density at radius 2 is 1.91 bits per heavy atom. The molecular formula is C15H13N3O4S. The molecule has 0 bridgehead atoms. The zero-order chi connectivity index (χ0) is 16.4. The van der Waals surface area contributed by atoms with Crippen molar-refractivity contribution in [2.45, 2.75) is 4.90 Å². The van der Waals surface area contributed by atoms with Crippen molar-refractivity contribution < 1.29 is 18.3 Å². The predicted molar refractivity (Wildman–Crippen MR) is 83.6 cm³/mol. The van der Waals surface area contributed by atoms with Gasteiger partial charge in [-0.25, -0.2) is 13.4 Å².